The van der Waals surface area contributed by atoms with Crippen LogP contribution in [-0.2, 0) is 0 Å². The highest BCUT2D eigenvalue weighted by Crippen LogP contribution is 2.37. The molecule has 1 aliphatic rings. The number of carbonyl (C=O) groups is 2. The Morgan fingerprint density at radius 3 is 2.15 bits per heavy atom. The van der Waals surface area contributed by atoms with Crippen molar-refractivity contribution in [2.24, 2.45) is 0 Å². The summed E-state index contributed by atoms with van der Waals surface area (Å²) in [6.07, 6.45) is 0. The number of aromatic hydroxyl groups is 1. The second-order valence-electron chi connectivity index (χ2n) is 4.58. The minimum Gasteiger partial charge on any atom is -0.506 e. The fraction of sp³-hybridized carbons (Fsp3) is 0.0667. The van der Waals surface area contributed by atoms with Crippen molar-refractivity contribution in [2.75, 3.05) is 4.90 Å². The summed E-state index contributed by atoms with van der Waals surface area (Å²) in [5.74, 6) is -1.07. The minimum absolute atomic E-state index is 0.104. The molecule has 0 aromatic heterocycles. The number of anilines is 1. The first-order valence-corrected chi connectivity index (χ1v) is 6.35. The van der Waals surface area contributed by atoms with Gasteiger partial charge in [-0.1, -0.05) is 23.7 Å². The fourth-order valence-corrected chi connectivity index (χ4v) is 2.40. The molecule has 1 aliphatic heterocycles. The van der Waals surface area contributed by atoms with Crippen LogP contribution in [0.5, 0.6) is 5.75 Å². The number of phenols is 1. The molecule has 0 bridgehead atoms. The third-order valence-electron chi connectivity index (χ3n) is 3.29. The lowest BCUT2D eigenvalue weighted by Gasteiger charge is -2.16. The van der Waals surface area contributed by atoms with Gasteiger partial charge in [-0.05, 0) is 36.8 Å². The van der Waals surface area contributed by atoms with Gasteiger partial charge in [0.25, 0.3) is 11.8 Å². The summed E-state index contributed by atoms with van der Waals surface area (Å²) in [5.41, 5.74) is 1.43. The molecule has 0 unspecified atom stereocenters. The number of phenolic OH excluding ortho intramolecular Hbond substituents is 1. The van der Waals surface area contributed by atoms with Crippen LogP contribution < -0.4 is 4.90 Å². The fourth-order valence-electron chi connectivity index (χ4n) is 2.24. The first-order valence-electron chi connectivity index (χ1n) is 5.97. The third-order valence-corrected chi connectivity index (χ3v) is 3.70. The Morgan fingerprint density at radius 1 is 1.05 bits per heavy atom. The van der Waals surface area contributed by atoms with Gasteiger partial charge >= 0.3 is 0 Å². The van der Waals surface area contributed by atoms with E-state index in [4.69, 9.17) is 11.6 Å². The second-order valence-corrected chi connectivity index (χ2v) is 4.99. The summed E-state index contributed by atoms with van der Waals surface area (Å²) in [5, 5.41) is 10.4. The molecule has 2 aromatic rings. The van der Waals surface area contributed by atoms with E-state index in [2.05, 4.69) is 0 Å². The number of nitrogens with zero attached hydrogens (tertiary/aromatic N) is 1. The molecular formula is C15H10ClNO3. The Balaban J connectivity index is 2.17. The summed E-state index contributed by atoms with van der Waals surface area (Å²) in [4.78, 5) is 25.6. The number of aryl methyl sites for hydroxylation is 1. The predicted molar refractivity (Wildman–Crippen MR) is 75.4 cm³/mol. The molecule has 20 heavy (non-hydrogen) atoms. The summed E-state index contributed by atoms with van der Waals surface area (Å²) in [6, 6.07) is 9.41. The number of benzene rings is 2. The molecule has 100 valence electrons. The molecule has 1 N–H and O–H groups in total. The Morgan fingerprint density at radius 2 is 1.60 bits per heavy atom. The molecule has 4 nitrogen and oxygen atoms in total. The maximum atomic E-state index is 12.3. The molecule has 1 heterocycles. The summed E-state index contributed by atoms with van der Waals surface area (Å²) >= 11 is 6.01. The summed E-state index contributed by atoms with van der Waals surface area (Å²) < 4.78 is 0. The van der Waals surface area contributed by atoms with E-state index in [-0.39, 0.29) is 11.4 Å². The number of fused-ring (bicyclic) bond motifs is 1. The van der Waals surface area contributed by atoms with Gasteiger partial charge in [0.1, 0.15) is 5.75 Å². The highest BCUT2D eigenvalue weighted by Gasteiger charge is 2.37. The summed E-state index contributed by atoms with van der Waals surface area (Å²) in [6.45, 7) is 1.73. The van der Waals surface area contributed by atoms with Crippen molar-refractivity contribution in [1.29, 1.82) is 0 Å². The van der Waals surface area contributed by atoms with Crippen LogP contribution in [0.15, 0.2) is 36.4 Å². The molecular weight excluding hydrogens is 278 g/mol. The van der Waals surface area contributed by atoms with Crippen LogP contribution in [0, 0.1) is 6.92 Å². The van der Waals surface area contributed by atoms with Gasteiger partial charge in [-0.2, -0.15) is 0 Å². The van der Waals surface area contributed by atoms with Gasteiger partial charge in [-0.3, -0.25) is 9.59 Å². The lowest BCUT2D eigenvalue weighted by molar-refractivity contribution is 0.0925. The molecule has 0 atom stereocenters. The van der Waals surface area contributed by atoms with E-state index in [1.54, 1.807) is 31.2 Å². The maximum absolute atomic E-state index is 12.3. The predicted octanol–water partition coefficient (Wildman–Crippen LogP) is 3.15. The lowest BCUT2D eigenvalue weighted by atomic mass is 10.1. The van der Waals surface area contributed by atoms with E-state index in [1.807, 2.05) is 0 Å². The highest BCUT2D eigenvalue weighted by atomic mass is 35.5. The smallest absolute Gasteiger partial charge is 0.266 e. The number of rotatable bonds is 1. The molecule has 0 saturated heterocycles. The Bertz CT molecular complexity index is 720. The van der Waals surface area contributed by atoms with Gasteiger partial charge in [0, 0.05) is 5.02 Å². The average molecular weight is 288 g/mol. The number of hydrogen-bond donors (Lipinski definition) is 1. The molecule has 0 radical (unpaired) electrons. The monoisotopic (exact) mass is 287 g/mol. The van der Waals surface area contributed by atoms with Gasteiger partial charge in [-0.15, -0.1) is 0 Å². The average Bonchev–Trinajstić information content (AvgIpc) is 2.68. The van der Waals surface area contributed by atoms with E-state index in [0.29, 0.717) is 21.7 Å². The molecule has 0 aliphatic carbocycles. The molecule has 0 spiro atoms. The van der Waals surface area contributed by atoms with Crippen molar-refractivity contribution >= 4 is 29.1 Å². The van der Waals surface area contributed by atoms with Crippen LogP contribution in [0.1, 0.15) is 26.3 Å². The van der Waals surface area contributed by atoms with E-state index in [0.717, 1.165) is 4.90 Å². The lowest BCUT2D eigenvalue weighted by Crippen LogP contribution is -2.29. The summed E-state index contributed by atoms with van der Waals surface area (Å²) in [7, 11) is 0. The molecule has 2 aromatic carbocycles. The van der Waals surface area contributed by atoms with Crippen LogP contribution in [0.25, 0.3) is 0 Å². The number of imide groups is 1. The standard InChI is InChI=1S/C15H10ClNO3/c1-8-6-13(18)12(7-11(8)16)17-14(19)9-4-2-3-5-10(9)15(17)20/h2-7,18H,1H3. The van der Waals surface area contributed by atoms with Crippen LogP contribution in [0.3, 0.4) is 0 Å². The molecule has 0 saturated carbocycles. The van der Waals surface area contributed by atoms with Crippen molar-refractivity contribution in [3.05, 3.63) is 58.1 Å². The first-order chi connectivity index (χ1) is 9.50. The van der Waals surface area contributed by atoms with Crippen LogP contribution >= 0.6 is 11.6 Å². The van der Waals surface area contributed by atoms with Crippen molar-refractivity contribution in [3.8, 4) is 5.75 Å². The maximum Gasteiger partial charge on any atom is 0.266 e. The van der Waals surface area contributed by atoms with Gasteiger partial charge < -0.3 is 5.11 Å². The Labute approximate surface area is 120 Å². The number of carbonyl (C=O) groups excluding carboxylic acids is 2. The minimum atomic E-state index is -0.458. The normalized spacial score (nSPS) is 13.8. The van der Waals surface area contributed by atoms with Crippen molar-refractivity contribution in [2.45, 2.75) is 6.92 Å². The zero-order chi connectivity index (χ0) is 14.4. The third kappa shape index (κ3) is 1.69. The van der Waals surface area contributed by atoms with Gasteiger partial charge in [0.2, 0.25) is 0 Å². The van der Waals surface area contributed by atoms with Gasteiger partial charge in [0.15, 0.2) is 0 Å². The van der Waals surface area contributed by atoms with Gasteiger partial charge in [0.05, 0.1) is 16.8 Å². The number of halogens is 1. The second kappa shape index (κ2) is 4.35. The van der Waals surface area contributed by atoms with E-state index in [9.17, 15) is 14.7 Å². The van der Waals surface area contributed by atoms with Crippen molar-refractivity contribution in [3.63, 3.8) is 0 Å². The number of hydrogen-bond acceptors (Lipinski definition) is 3. The van der Waals surface area contributed by atoms with Gasteiger partial charge in [-0.25, -0.2) is 4.90 Å². The largest absolute Gasteiger partial charge is 0.506 e. The van der Waals surface area contributed by atoms with Crippen LogP contribution in [-0.4, -0.2) is 16.9 Å². The molecule has 5 heteroatoms. The Hall–Kier alpha value is -2.33. The molecule has 3 rings (SSSR count). The van der Waals surface area contributed by atoms with Crippen molar-refractivity contribution < 1.29 is 14.7 Å². The Kier molecular flexibility index (Phi) is 2.76. The van der Waals surface area contributed by atoms with E-state index >= 15 is 0 Å². The van der Waals surface area contributed by atoms with E-state index < -0.39 is 11.8 Å². The SMILES string of the molecule is Cc1cc(O)c(N2C(=O)c3ccccc3C2=O)cc1Cl. The zero-order valence-corrected chi connectivity index (χ0v) is 11.3. The topological polar surface area (TPSA) is 57.6 Å². The number of amides is 2. The highest BCUT2D eigenvalue weighted by molar-refractivity contribution is 6.36. The quantitative estimate of drug-likeness (QED) is 0.820. The first kappa shape index (κ1) is 12.7. The van der Waals surface area contributed by atoms with Crippen molar-refractivity contribution in [1.82, 2.24) is 0 Å². The van der Waals surface area contributed by atoms with Crippen LogP contribution in [0.2, 0.25) is 5.02 Å². The molecule has 2 amide bonds. The molecule has 0 fully saturated rings. The zero-order valence-electron chi connectivity index (χ0n) is 10.6. The van der Waals surface area contributed by atoms with E-state index in [1.165, 1.54) is 12.1 Å². The van der Waals surface area contributed by atoms with Crippen LogP contribution in [0.4, 0.5) is 5.69 Å².